The minimum atomic E-state index is -3.51. The van der Waals surface area contributed by atoms with Gasteiger partial charge in [0, 0.05) is 16.7 Å². The zero-order chi connectivity index (χ0) is 14.0. The zero-order valence-electron chi connectivity index (χ0n) is 10.1. The fourth-order valence-electron chi connectivity index (χ4n) is 2.14. The number of carboxylic acids is 1. The van der Waals surface area contributed by atoms with Crippen molar-refractivity contribution in [2.24, 2.45) is 5.92 Å². The van der Waals surface area contributed by atoms with Gasteiger partial charge in [0.25, 0.3) is 0 Å². The zero-order valence-corrected chi connectivity index (χ0v) is 13.1. The highest BCUT2D eigenvalue weighted by Gasteiger charge is 2.32. The van der Waals surface area contributed by atoms with Crippen LogP contribution in [0.1, 0.15) is 12.8 Å². The number of hydrogen-bond donors (Lipinski definition) is 1. The van der Waals surface area contributed by atoms with Crippen molar-refractivity contribution in [3.63, 3.8) is 0 Å². The fourth-order valence-corrected chi connectivity index (χ4v) is 4.89. The van der Waals surface area contributed by atoms with Crippen LogP contribution in [0.4, 0.5) is 0 Å². The molecule has 0 amide bonds. The summed E-state index contributed by atoms with van der Waals surface area (Å²) in [6.07, 6.45) is 0.746. The highest BCUT2D eigenvalue weighted by atomic mass is 127. The number of sulfonamides is 1. The summed E-state index contributed by atoms with van der Waals surface area (Å²) >= 11 is 2.00. The van der Waals surface area contributed by atoms with Gasteiger partial charge in [0.2, 0.25) is 10.0 Å². The number of benzene rings is 1. The summed E-state index contributed by atoms with van der Waals surface area (Å²) in [6.45, 7) is 0.536. The molecule has 1 aliphatic rings. The molecule has 1 fully saturated rings. The Hall–Kier alpha value is -0.670. The number of aliphatic carboxylic acids is 1. The van der Waals surface area contributed by atoms with Crippen LogP contribution in [0.2, 0.25) is 0 Å². The van der Waals surface area contributed by atoms with E-state index >= 15 is 0 Å². The minimum Gasteiger partial charge on any atom is -0.481 e. The average Bonchev–Trinajstić information content (AvgIpc) is 2.39. The lowest BCUT2D eigenvalue weighted by Gasteiger charge is -2.29. The summed E-state index contributed by atoms with van der Waals surface area (Å²) < 4.78 is 27.0. The van der Waals surface area contributed by atoms with E-state index in [1.165, 1.54) is 4.31 Å². The van der Waals surface area contributed by atoms with Crippen molar-refractivity contribution in [3.05, 3.63) is 27.8 Å². The molecule has 1 aromatic carbocycles. The molecule has 0 radical (unpaired) electrons. The first-order valence-corrected chi connectivity index (χ1v) is 8.42. The molecule has 0 spiro atoms. The largest absolute Gasteiger partial charge is 0.481 e. The Balaban J connectivity index is 2.19. The lowest BCUT2D eigenvalue weighted by Crippen LogP contribution is -2.40. The van der Waals surface area contributed by atoms with E-state index in [1.54, 1.807) is 24.3 Å². The third-order valence-electron chi connectivity index (χ3n) is 3.26. The predicted octanol–water partition coefficient (Wildman–Crippen LogP) is 1.78. The van der Waals surface area contributed by atoms with Crippen LogP contribution in [0, 0.1) is 9.49 Å². The van der Waals surface area contributed by atoms with Gasteiger partial charge in [0.1, 0.15) is 0 Å². The first kappa shape index (κ1) is 14.7. The summed E-state index contributed by atoms with van der Waals surface area (Å²) in [4.78, 5) is 11.2. The molecule has 0 aromatic heterocycles. The number of hydrogen-bond acceptors (Lipinski definition) is 3. The molecule has 1 heterocycles. The van der Waals surface area contributed by atoms with Gasteiger partial charge in [-0.05, 0) is 47.6 Å². The second-order valence-corrected chi connectivity index (χ2v) is 7.52. The molecule has 7 heteroatoms. The number of nitrogens with zero attached hydrogens (tertiary/aromatic N) is 1. The lowest BCUT2D eigenvalue weighted by molar-refractivity contribution is -0.142. The summed E-state index contributed by atoms with van der Waals surface area (Å²) in [5, 5.41) is 8.92. The molecule has 0 unspecified atom stereocenters. The smallest absolute Gasteiger partial charge is 0.306 e. The number of rotatable bonds is 3. The van der Waals surface area contributed by atoms with Crippen LogP contribution in [0.5, 0.6) is 0 Å². The first-order valence-electron chi connectivity index (χ1n) is 5.90. The molecule has 104 valence electrons. The third-order valence-corrected chi connectivity index (χ3v) is 6.52. The molecule has 1 N–H and O–H groups in total. The Morgan fingerprint density at radius 3 is 2.37 bits per heavy atom. The van der Waals surface area contributed by atoms with Crippen LogP contribution in [-0.4, -0.2) is 36.9 Å². The number of carboxylic acid groups (broad SMARTS) is 1. The molecular formula is C12H14INO4S. The van der Waals surface area contributed by atoms with Crippen LogP contribution in [0.25, 0.3) is 0 Å². The van der Waals surface area contributed by atoms with Crippen LogP contribution < -0.4 is 0 Å². The van der Waals surface area contributed by atoms with E-state index in [1.807, 2.05) is 22.6 Å². The third kappa shape index (κ3) is 3.09. The maximum atomic E-state index is 12.5. The van der Waals surface area contributed by atoms with E-state index in [-0.39, 0.29) is 13.1 Å². The van der Waals surface area contributed by atoms with Crippen LogP contribution in [0.15, 0.2) is 29.2 Å². The molecule has 0 saturated carbocycles. The van der Waals surface area contributed by atoms with Crippen molar-refractivity contribution in [1.29, 1.82) is 0 Å². The Morgan fingerprint density at radius 2 is 1.84 bits per heavy atom. The normalized spacial score (nSPS) is 18.4. The number of carbonyl (C=O) groups is 1. The summed E-state index contributed by atoms with van der Waals surface area (Å²) in [5.74, 6) is -1.27. The van der Waals surface area contributed by atoms with Gasteiger partial charge in [-0.15, -0.1) is 0 Å². The van der Waals surface area contributed by atoms with Crippen molar-refractivity contribution in [2.45, 2.75) is 17.7 Å². The van der Waals surface area contributed by atoms with Gasteiger partial charge in [0.05, 0.1) is 10.8 Å². The monoisotopic (exact) mass is 395 g/mol. The molecule has 0 bridgehead atoms. The molecule has 5 nitrogen and oxygen atoms in total. The quantitative estimate of drug-likeness (QED) is 0.792. The molecule has 0 aliphatic carbocycles. The Morgan fingerprint density at radius 1 is 1.26 bits per heavy atom. The number of piperidine rings is 1. The van der Waals surface area contributed by atoms with Crippen LogP contribution >= 0.6 is 22.6 Å². The van der Waals surface area contributed by atoms with Crippen molar-refractivity contribution >= 4 is 38.6 Å². The molecular weight excluding hydrogens is 381 g/mol. The molecule has 19 heavy (non-hydrogen) atoms. The van der Waals surface area contributed by atoms with Crippen LogP contribution in [-0.2, 0) is 14.8 Å². The van der Waals surface area contributed by atoms with Gasteiger partial charge in [-0.3, -0.25) is 4.79 Å². The molecule has 1 saturated heterocycles. The van der Waals surface area contributed by atoms with Crippen molar-refractivity contribution in [3.8, 4) is 0 Å². The maximum Gasteiger partial charge on any atom is 0.306 e. The highest BCUT2D eigenvalue weighted by Crippen LogP contribution is 2.26. The molecule has 0 atom stereocenters. The molecule has 1 aromatic rings. The van der Waals surface area contributed by atoms with E-state index in [2.05, 4.69) is 0 Å². The summed E-state index contributed by atoms with van der Waals surface area (Å²) in [7, 11) is -3.51. The van der Waals surface area contributed by atoms with Gasteiger partial charge in [-0.1, -0.05) is 12.1 Å². The molecule has 1 aliphatic heterocycles. The summed E-state index contributed by atoms with van der Waals surface area (Å²) in [6, 6.07) is 6.81. The second-order valence-electron chi connectivity index (χ2n) is 4.45. The van der Waals surface area contributed by atoms with Crippen molar-refractivity contribution in [1.82, 2.24) is 4.31 Å². The Kier molecular flexibility index (Phi) is 4.46. The van der Waals surface area contributed by atoms with E-state index in [9.17, 15) is 13.2 Å². The van der Waals surface area contributed by atoms with E-state index in [0.29, 0.717) is 21.3 Å². The lowest BCUT2D eigenvalue weighted by atomic mass is 9.99. The predicted molar refractivity (Wildman–Crippen MR) is 78.3 cm³/mol. The Labute approximate surface area is 125 Å². The molecule has 2 rings (SSSR count). The summed E-state index contributed by atoms with van der Waals surface area (Å²) in [5.41, 5.74) is 0. The van der Waals surface area contributed by atoms with E-state index in [0.717, 1.165) is 0 Å². The van der Waals surface area contributed by atoms with Gasteiger partial charge in [-0.25, -0.2) is 8.42 Å². The SMILES string of the molecule is O=C(O)C1CCN(S(=O)(=O)c2ccccc2I)CC1. The van der Waals surface area contributed by atoms with Crippen molar-refractivity contribution in [2.75, 3.05) is 13.1 Å². The number of halogens is 1. The van der Waals surface area contributed by atoms with Crippen LogP contribution in [0.3, 0.4) is 0 Å². The topological polar surface area (TPSA) is 74.7 Å². The highest BCUT2D eigenvalue weighted by molar-refractivity contribution is 14.1. The standard InChI is InChI=1S/C12H14INO4S/c13-10-3-1-2-4-11(10)19(17,18)14-7-5-9(6-8-14)12(15)16/h1-4,9H,5-8H2,(H,15,16). The maximum absolute atomic E-state index is 12.5. The first-order chi connectivity index (χ1) is 8.93. The average molecular weight is 395 g/mol. The van der Waals surface area contributed by atoms with Gasteiger partial charge in [-0.2, -0.15) is 4.31 Å². The van der Waals surface area contributed by atoms with Gasteiger partial charge < -0.3 is 5.11 Å². The van der Waals surface area contributed by atoms with Gasteiger partial charge in [0.15, 0.2) is 0 Å². The van der Waals surface area contributed by atoms with E-state index in [4.69, 9.17) is 5.11 Å². The van der Waals surface area contributed by atoms with E-state index < -0.39 is 21.9 Å². The minimum absolute atomic E-state index is 0.268. The Bertz CT molecular complexity index is 579. The second kappa shape index (κ2) is 5.76. The van der Waals surface area contributed by atoms with Crippen molar-refractivity contribution < 1.29 is 18.3 Å². The fraction of sp³-hybridized carbons (Fsp3) is 0.417. The van der Waals surface area contributed by atoms with Gasteiger partial charge >= 0.3 is 5.97 Å².